The van der Waals surface area contributed by atoms with Crippen LogP contribution >= 0.6 is 11.6 Å². The van der Waals surface area contributed by atoms with Crippen molar-refractivity contribution in [1.29, 1.82) is 0 Å². The van der Waals surface area contributed by atoms with Gasteiger partial charge in [0, 0.05) is 17.1 Å². The van der Waals surface area contributed by atoms with E-state index in [1.807, 2.05) is 13.8 Å². The van der Waals surface area contributed by atoms with E-state index < -0.39 is 25.3 Å². The number of halogens is 4. The molecule has 1 aliphatic rings. The van der Waals surface area contributed by atoms with Crippen molar-refractivity contribution >= 4 is 29.1 Å². The second-order valence-corrected chi connectivity index (χ2v) is 7.12. The normalized spacial score (nSPS) is 20.4. The highest BCUT2D eigenvalue weighted by Gasteiger charge is 2.31. The van der Waals surface area contributed by atoms with Gasteiger partial charge in [-0.2, -0.15) is 13.2 Å². The van der Waals surface area contributed by atoms with Crippen LogP contribution in [0.1, 0.15) is 43.5 Å². The summed E-state index contributed by atoms with van der Waals surface area (Å²) < 4.78 is 40.7. The highest BCUT2D eigenvalue weighted by atomic mass is 35.5. The molecule has 0 bridgehead atoms. The summed E-state index contributed by atoms with van der Waals surface area (Å²) in [5.41, 5.74) is 0.391. The molecule has 1 heterocycles. The van der Waals surface area contributed by atoms with E-state index in [1.54, 1.807) is 4.90 Å². The first-order valence-corrected chi connectivity index (χ1v) is 9.03. The van der Waals surface area contributed by atoms with Gasteiger partial charge in [-0.3, -0.25) is 9.59 Å². The van der Waals surface area contributed by atoms with Crippen molar-refractivity contribution in [2.24, 2.45) is 0 Å². The third-order valence-electron chi connectivity index (χ3n) is 4.41. The number of nitrogens with zero attached hydrogens (tertiary/aromatic N) is 1. The number of ether oxygens (including phenoxy) is 1. The number of hydrogen-bond donors (Lipinski definition) is 1. The second kappa shape index (κ2) is 8.93. The van der Waals surface area contributed by atoms with Crippen molar-refractivity contribution in [2.75, 3.05) is 18.5 Å². The lowest BCUT2D eigenvalue weighted by Gasteiger charge is -2.39. The first kappa shape index (κ1) is 21.5. The lowest BCUT2D eigenvalue weighted by atomic mass is 9.96. The molecule has 0 aromatic heterocycles. The van der Waals surface area contributed by atoms with Gasteiger partial charge < -0.3 is 15.0 Å². The third-order valence-corrected chi connectivity index (χ3v) is 4.65. The summed E-state index contributed by atoms with van der Waals surface area (Å²) >= 11 is 6.01. The summed E-state index contributed by atoms with van der Waals surface area (Å²) in [6.07, 6.45) is -1.72. The number of nitrogens with one attached hydrogen (secondary N) is 1. The minimum absolute atomic E-state index is 0.0407. The topological polar surface area (TPSA) is 58.6 Å². The van der Waals surface area contributed by atoms with Crippen LogP contribution in [0.5, 0.6) is 0 Å². The van der Waals surface area contributed by atoms with Crippen LogP contribution < -0.4 is 5.32 Å². The molecule has 27 heavy (non-hydrogen) atoms. The lowest BCUT2D eigenvalue weighted by molar-refractivity contribution is -0.174. The Labute approximate surface area is 160 Å². The fraction of sp³-hybridized carbons (Fsp3) is 0.556. The molecular weight excluding hydrogens is 385 g/mol. The summed E-state index contributed by atoms with van der Waals surface area (Å²) in [5, 5.41) is 2.76. The van der Waals surface area contributed by atoms with Crippen LogP contribution in [0.25, 0.3) is 0 Å². The number of alkyl halides is 3. The van der Waals surface area contributed by atoms with E-state index in [-0.39, 0.29) is 29.2 Å². The van der Waals surface area contributed by atoms with Crippen LogP contribution in [-0.2, 0) is 9.53 Å². The Morgan fingerprint density at radius 2 is 1.89 bits per heavy atom. The molecule has 0 saturated carbocycles. The molecule has 0 radical (unpaired) electrons. The van der Waals surface area contributed by atoms with Crippen molar-refractivity contribution in [3.8, 4) is 0 Å². The number of hydrogen-bond acceptors (Lipinski definition) is 3. The van der Waals surface area contributed by atoms with E-state index in [9.17, 15) is 22.8 Å². The van der Waals surface area contributed by atoms with Crippen molar-refractivity contribution in [1.82, 2.24) is 4.90 Å². The molecule has 0 spiro atoms. The highest BCUT2D eigenvalue weighted by Crippen LogP contribution is 2.28. The Balaban J connectivity index is 2.14. The average Bonchev–Trinajstić information content (AvgIpc) is 2.55. The number of benzene rings is 1. The summed E-state index contributed by atoms with van der Waals surface area (Å²) in [6.45, 7) is 1.63. The lowest BCUT2D eigenvalue weighted by Crippen LogP contribution is -2.47. The smallest absolute Gasteiger partial charge is 0.362 e. The first-order chi connectivity index (χ1) is 12.6. The van der Waals surface area contributed by atoms with E-state index >= 15 is 0 Å². The van der Waals surface area contributed by atoms with E-state index in [1.165, 1.54) is 18.2 Å². The number of anilines is 1. The number of carbonyl (C=O) groups excluding carboxylic acids is 2. The first-order valence-electron chi connectivity index (χ1n) is 8.65. The summed E-state index contributed by atoms with van der Waals surface area (Å²) in [7, 11) is 0. The quantitative estimate of drug-likeness (QED) is 0.794. The van der Waals surface area contributed by atoms with Gasteiger partial charge in [-0.1, -0.05) is 11.6 Å². The zero-order valence-electron chi connectivity index (χ0n) is 15.1. The maximum atomic E-state index is 13.1. The van der Waals surface area contributed by atoms with Gasteiger partial charge in [-0.25, -0.2) is 0 Å². The zero-order valence-corrected chi connectivity index (χ0v) is 15.9. The number of piperidine rings is 1. The van der Waals surface area contributed by atoms with Crippen molar-refractivity contribution in [3.05, 3.63) is 28.8 Å². The van der Waals surface area contributed by atoms with Gasteiger partial charge in [0.15, 0.2) is 0 Å². The number of likely N-dealkylation sites (tertiary alicyclic amines) is 1. The molecule has 1 aromatic rings. The van der Waals surface area contributed by atoms with Gasteiger partial charge in [0.1, 0.15) is 13.2 Å². The van der Waals surface area contributed by atoms with E-state index in [4.69, 9.17) is 11.6 Å². The number of carbonyl (C=O) groups is 2. The Kier molecular flexibility index (Phi) is 7.11. The molecule has 9 heteroatoms. The molecule has 0 aliphatic carbocycles. The minimum atomic E-state index is -4.51. The molecule has 1 fully saturated rings. The highest BCUT2D eigenvalue weighted by molar-refractivity contribution is 6.31. The number of rotatable bonds is 5. The predicted octanol–water partition coefficient (Wildman–Crippen LogP) is 4.26. The molecule has 5 nitrogen and oxygen atoms in total. The van der Waals surface area contributed by atoms with E-state index in [0.29, 0.717) is 5.02 Å². The molecule has 1 saturated heterocycles. The van der Waals surface area contributed by atoms with Crippen LogP contribution in [0.15, 0.2) is 18.2 Å². The Morgan fingerprint density at radius 3 is 2.48 bits per heavy atom. The average molecular weight is 407 g/mol. The molecular formula is C18H22ClF3N2O3. The molecule has 1 aliphatic heterocycles. The summed E-state index contributed by atoms with van der Waals surface area (Å²) in [4.78, 5) is 26.7. The van der Waals surface area contributed by atoms with Gasteiger partial charge >= 0.3 is 6.18 Å². The maximum Gasteiger partial charge on any atom is 0.411 e. The van der Waals surface area contributed by atoms with Crippen molar-refractivity contribution < 1.29 is 27.5 Å². The van der Waals surface area contributed by atoms with Gasteiger partial charge in [0.05, 0.1) is 11.3 Å². The number of amides is 2. The van der Waals surface area contributed by atoms with Crippen LogP contribution in [0.3, 0.4) is 0 Å². The molecule has 1 N–H and O–H groups in total. The predicted molar refractivity (Wildman–Crippen MR) is 95.9 cm³/mol. The monoisotopic (exact) mass is 406 g/mol. The van der Waals surface area contributed by atoms with Crippen LogP contribution in [-0.4, -0.2) is 48.2 Å². The summed E-state index contributed by atoms with van der Waals surface area (Å²) in [5.74, 6) is -1.06. The fourth-order valence-corrected chi connectivity index (χ4v) is 3.38. The SMILES string of the molecule is C[C@@H]1CCC[C@@H](C)N1C(=O)c1cc(Cl)ccc1NC(=O)COCC(F)(F)F. The van der Waals surface area contributed by atoms with Gasteiger partial charge in [-0.15, -0.1) is 0 Å². The van der Waals surface area contributed by atoms with E-state index in [2.05, 4.69) is 10.1 Å². The molecule has 2 rings (SSSR count). The minimum Gasteiger partial charge on any atom is -0.362 e. The van der Waals surface area contributed by atoms with Gasteiger partial charge in [0.2, 0.25) is 5.91 Å². The third kappa shape index (κ3) is 6.10. The molecule has 2 amide bonds. The second-order valence-electron chi connectivity index (χ2n) is 6.69. The molecule has 2 atom stereocenters. The Hall–Kier alpha value is -1.80. The Bertz CT molecular complexity index is 687. The van der Waals surface area contributed by atoms with Crippen LogP contribution in [0, 0.1) is 0 Å². The Morgan fingerprint density at radius 1 is 1.26 bits per heavy atom. The molecule has 0 unspecified atom stereocenters. The van der Waals surface area contributed by atoms with Crippen molar-refractivity contribution in [3.63, 3.8) is 0 Å². The van der Waals surface area contributed by atoms with Crippen LogP contribution in [0.2, 0.25) is 5.02 Å². The maximum absolute atomic E-state index is 13.1. The molecule has 1 aromatic carbocycles. The van der Waals surface area contributed by atoms with Gasteiger partial charge in [-0.05, 0) is 51.3 Å². The zero-order chi connectivity index (χ0) is 20.2. The molecule has 150 valence electrons. The van der Waals surface area contributed by atoms with E-state index in [0.717, 1.165) is 19.3 Å². The standard InChI is InChI=1S/C18H22ClF3N2O3/c1-11-4-3-5-12(2)24(11)17(26)14-8-13(19)6-7-15(14)23-16(25)9-27-10-18(20,21)22/h6-8,11-12H,3-5,9-10H2,1-2H3,(H,23,25)/t11-,12-/m1/s1. The fourth-order valence-electron chi connectivity index (χ4n) is 3.21. The van der Waals surface area contributed by atoms with Crippen molar-refractivity contribution in [2.45, 2.75) is 51.4 Å². The largest absolute Gasteiger partial charge is 0.411 e. The van der Waals surface area contributed by atoms with Gasteiger partial charge in [0.25, 0.3) is 5.91 Å². The van der Waals surface area contributed by atoms with Crippen LogP contribution in [0.4, 0.5) is 18.9 Å². The summed E-state index contributed by atoms with van der Waals surface area (Å²) in [6, 6.07) is 4.48.